The zero-order valence-electron chi connectivity index (χ0n) is 49.5. The molecule has 12 nitrogen and oxygen atoms in total. The Morgan fingerprint density at radius 1 is 0.488 bits per heavy atom. The van der Waals surface area contributed by atoms with E-state index in [9.17, 15) is 19.2 Å². The number of hydrogen-bond acceptors (Lipinski definition) is 13. The van der Waals surface area contributed by atoms with Crippen LogP contribution in [-0.4, -0.2) is 67.4 Å². The van der Waals surface area contributed by atoms with Crippen LogP contribution >= 0.6 is 11.8 Å². The van der Waals surface area contributed by atoms with Crippen LogP contribution in [0.5, 0.6) is 28.7 Å². The van der Waals surface area contributed by atoms with Crippen molar-refractivity contribution in [2.45, 2.75) is 184 Å². The van der Waals surface area contributed by atoms with Gasteiger partial charge >= 0.3 is 23.9 Å². The standard InChI is InChI=1S/C71H82O12S/c1-69(2)35-37-71(38-36-69)59-8-6-5-7-55(59)66-57-39-60-61(84-70(3,4)83-60)40-58(57)68-56(67(66)71)30-19-45-13-20-50(21-14-45)80-51-22-15-48(16-23-51)43-78-64(74)33-31-62(72)76-41-46-9-11-47(12-10-46)42-77-63(73)32-34-65(75)79-44-49-17-24-52(25-18-49)81-53-26-28-54(82-68)29-27-53/h5-8,13-14,19-21,26-30,39-40,46-49,51-52H,9-12,15-18,22-25,31-38,41-44H2,1-4H3/b30-19-. The quantitative estimate of drug-likeness (QED) is 0.107. The van der Waals surface area contributed by atoms with E-state index in [0.29, 0.717) is 32.2 Å². The first-order valence-corrected chi connectivity index (χ1v) is 32.1. The lowest BCUT2D eigenvalue weighted by atomic mass is 9.60. The van der Waals surface area contributed by atoms with Gasteiger partial charge in [-0.2, -0.15) is 0 Å². The third kappa shape index (κ3) is 13.3. The number of thioether (sulfide) groups is 1. The monoisotopic (exact) mass is 1160 g/mol. The Balaban J connectivity index is 0.815. The van der Waals surface area contributed by atoms with Crippen LogP contribution in [0.4, 0.5) is 0 Å². The summed E-state index contributed by atoms with van der Waals surface area (Å²) < 4.78 is 49.7. The molecule has 84 heavy (non-hydrogen) atoms. The summed E-state index contributed by atoms with van der Waals surface area (Å²) in [5.41, 5.74) is 7.40. The summed E-state index contributed by atoms with van der Waals surface area (Å²) in [6.07, 6.45) is 19.2. The van der Waals surface area contributed by atoms with Gasteiger partial charge in [0.2, 0.25) is 0 Å². The molecule has 17 rings (SSSR count). The summed E-state index contributed by atoms with van der Waals surface area (Å²) >= 11 is 1.74. The number of benzene rings is 5. The highest BCUT2D eigenvalue weighted by Gasteiger charge is 2.50. The van der Waals surface area contributed by atoms with Crippen LogP contribution in [0.3, 0.4) is 0 Å². The summed E-state index contributed by atoms with van der Waals surface area (Å²) in [5, 5.41) is 2.17. The highest BCUT2D eigenvalue weighted by molar-refractivity contribution is 8.00. The van der Waals surface area contributed by atoms with Gasteiger partial charge in [-0.15, -0.1) is 0 Å². The Morgan fingerprint density at radius 3 is 1.46 bits per heavy atom. The lowest BCUT2D eigenvalue weighted by Crippen LogP contribution is -2.34. The molecular formula is C71H82O12S. The molecule has 7 aliphatic heterocycles. The van der Waals surface area contributed by atoms with Gasteiger partial charge in [0.1, 0.15) is 28.7 Å². The van der Waals surface area contributed by atoms with Crippen LogP contribution in [0, 0.1) is 29.1 Å². The van der Waals surface area contributed by atoms with E-state index in [1.165, 1.54) is 22.3 Å². The van der Waals surface area contributed by atoms with E-state index in [-0.39, 0.29) is 84.3 Å². The Labute approximate surface area is 499 Å². The van der Waals surface area contributed by atoms with Crippen molar-refractivity contribution in [1.29, 1.82) is 0 Å². The Bertz CT molecular complexity index is 3240. The second-order valence-electron chi connectivity index (χ2n) is 26.3. The van der Waals surface area contributed by atoms with E-state index >= 15 is 0 Å². The SMILES string of the molecule is CC1(C)CCC2(CC1)c1ccccc1-c1c2c2c(c3cc4c(cc13)OC(C)(C)S4)Oc1ccc(cc1)OC1CCC(CC1)COC(=O)CCC(=O)OCC1CCC(CC1)COC(=O)CCC(=O)OCC1CCC(CC1)Oc1ccc(cc1)/C=C\2. The number of esters is 4. The lowest BCUT2D eigenvalue weighted by Gasteiger charge is -2.43. The molecule has 0 amide bonds. The molecule has 10 bridgehead atoms. The minimum atomic E-state index is -0.421. The van der Waals surface area contributed by atoms with Gasteiger partial charge in [-0.3, -0.25) is 19.2 Å². The van der Waals surface area contributed by atoms with Crippen molar-refractivity contribution in [2.75, 3.05) is 26.4 Å². The van der Waals surface area contributed by atoms with Crippen LogP contribution in [0.15, 0.2) is 89.8 Å². The van der Waals surface area contributed by atoms with E-state index in [1.54, 1.807) is 11.8 Å². The Hall–Kier alpha value is -6.47. The fourth-order valence-electron chi connectivity index (χ4n) is 14.2. The number of hydrogen-bond donors (Lipinski definition) is 0. The molecule has 4 fully saturated rings. The van der Waals surface area contributed by atoms with Gasteiger partial charge in [0, 0.05) is 16.4 Å². The maximum atomic E-state index is 12.8. The molecule has 0 saturated heterocycles. The number of fused-ring (bicyclic) bond motifs is 13. The van der Waals surface area contributed by atoms with Crippen molar-refractivity contribution in [3.8, 4) is 39.9 Å². The molecule has 0 N–H and O–H groups in total. The molecule has 0 aromatic heterocycles. The van der Waals surface area contributed by atoms with Crippen LogP contribution in [-0.2, 0) is 43.5 Å². The van der Waals surface area contributed by atoms with Crippen LogP contribution in [0.2, 0.25) is 0 Å². The molecule has 4 saturated carbocycles. The maximum absolute atomic E-state index is 12.8. The second-order valence-corrected chi connectivity index (χ2v) is 28.0. The molecule has 5 aromatic rings. The summed E-state index contributed by atoms with van der Waals surface area (Å²) in [7, 11) is 0. The minimum absolute atomic E-state index is 0.00830. The molecule has 0 radical (unpaired) electrons. The highest BCUT2D eigenvalue weighted by atomic mass is 32.2. The van der Waals surface area contributed by atoms with Crippen LogP contribution < -0.4 is 18.9 Å². The minimum Gasteiger partial charge on any atom is -0.490 e. The molecule has 5 aliphatic carbocycles. The van der Waals surface area contributed by atoms with Gasteiger partial charge in [-0.05, 0) is 227 Å². The summed E-state index contributed by atoms with van der Waals surface area (Å²) in [5.74, 6) is 3.41. The average Bonchev–Trinajstić information content (AvgIpc) is 1.54. The largest absolute Gasteiger partial charge is 0.490 e. The Kier molecular flexibility index (Phi) is 17.1. The molecule has 444 valence electrons. The lowest BCUT2D eigenvalue weighted by molar-refractivity contribution is -0.153. The first-order valence-electron chi connectivity index (χ1n) is 31.3. The zero-order chi connectivity index (χ0) is 58.0. The molecule has 5 aromatic carbocycles. The molecule has 13 heteroatoms. The van der Waals surface area contributed by atoms with E-state index in [1.807, 2.05) is 24.3 Å². The van der Waals surface area contributed by atoms with E-state index in [2.05, 4.69) is 101 Å². The number of carbonyl (C=O) groups excluding carboxylic acids is 4. The normalized spacial score (nSPS) is 26.9. The highest BCUT2D eigenvalue weighted by Crippen LogP contribution is 2.64. The van der Waals surface area contributed by atoms with Gasteiger partial charge in [0.15, 0.2) is 4.93 Å². The predicted octanol–water partition coefficient (Wildman–Crippen LogP) is 16.3. The number of rotatable bonds is 0. The predicted molar refractivity (Wildman–Crippen MR) is 325 cm³/mol. The first kappa shape index (κ1) is 57.9. The van der Waals surface area contributed by atoms with Crippen molar-refractivity contribution < 1.29 is 57.1 Å². The molecule has 7 heterocycles. The zero-order valence-corrected chi connectivity index (χ0v) is 50.3. The van der Waals surface area contributed by atoms with E-state index in [4.69, 9.17) is 37.9 Å². The smallest absolute Gasteiger partial charge is 0.306 e. The first-order chi connectivity index (χ1) is 40.6. The van der Waals surface area contributed by atoms with E-state index < -0.39 is 16.9 Å². The van der Waals surface area contributed by atoms with Gasteiger partial charge in [0.05, 0.1) is 69.2 Å². The maximum Gasteiger partial charge on any atom is 0.306 e. The van der Waals surface area contributed by atoms with Crippen LogP contribution in [0.25, 0.3) is 34.1 Å². The fraction of sp³-hybridized carbons (Fsp3) is 0.521. The van der Waals surface area contributed by atoms with Crippen molar-refractivity contribution in [3.05, 3.63) is 107 Å². The van der Waals surface area contributed by atoms with Crippen molar-refractivity contribution in [2.24, 2.45) is 29.1 Å². The van der Waals surface area contributed by atoms with Crippen molar-refractivity contribution in [1.82, 2.24) is 0 Å². The molecule has 0 atom stereocenters. The average molecular weight is 1160 g/mol. The van der Waals surface area contributed by atoms with Crippen molar-refractivity contribution >= 4 is 58.6 Å². The van der Waals surface area contributed by atoms with Gasteiger partial charge in [-0.1, -0.05) is 74.2 Å². The molecule has 12 aliphatic rings. The number of carbonyl (C=O) groups is 4. The third-order valence-corrected chi connectivity index (χ3v) is 20.3. The molecule has 0 unspecified atom stereocenters. The topological polar surface area (TPSA) is 142 Å². The third-order valence-electron chi connectivity index (χ3n) is 19.2. The fourth-order valence-corrected chi connectivity index (χ4v) is 15.3. The van der Waals surface area contributed by atoms with Gasteiger partial charge in [0.25, 0.3) is 0 Å². The molecular weight excluding hydrogens is 1080 g/mol. The summed E-state index contributed by atoms with van der Waals surface area (Å²) in [6.45, 7) is 10.4. The van der Waals surface area contributed by atoms with Gasteiger partial charge < -0.3 is 37.9 Å². The Morgan fingerprint density at radius 2 is 0.952 bits per heavy atom. The van der Waals surface area contributed by atoms with Crippen molar-refractivity contribution in [3.63, 3.8) is 0 Å². The summed E-state index contributed by atoms with van der Waals surface area (Å²) in [4.78, 5) is 51.4. The van der Waals surface area contributed by atoms with Crippen LogP contribution in [0.1, 0.15) is 178 Å². The number of ether oxygens (including phenoxy) is 8. The van der Waals surface area contributed by atoms with E-state index in [0.717, 1.165) is 153 Å². The van der Waals surface area contributed by atoms with Gasteiger partial charge in [-0.25, -0.2) is 0 Å². The molecule has 1 spiro atoms. The summed E-state index contributed by atoms with van der Waals surface area (Å²) in [6, 6.07) is 30.2. The second kappa shape index (κ2) is 24.9.